The number of nitrogens with zero attached hydrogens (tertiary/aromatic N) is 4. The third-order valence-corrected chi connectivity index (χ3v) is 7.10. The van der Waals surface area contributed by atoms with Crippen LogP contribution in [0, 0.1) is 10.1 Å². The molecule has 0 radical (unpaired) electrons. The third kappa shape index (κ3) is 3.91. The SMILES string of the molecule is O=C(c1ccc2c(c1)C(=O)N(C1CCCCC1)C2=O)N1CCN(c2ccc([N+](=O)[O-])cc2)CC1. The number of carbonyl (C=O) groups is 3. The number of nitro groups is 1. The van der Waals surface area contributed by atoms with Crippen molar-refractivity contribution in [2.24, 2.45) is 0 Å². The second kappa shape index (κ2) is 8.89. The topological polar surface area (TPSA) is 104 Å². The molecule has 2 aliphatic heterocycles. The molecule has 0 spiro atoms. The van der Waals surface area contributed by atoms with Crippen LogP contribution in [0.3, 0.4) is 0 Å². The van der Waals surface area contributed by atoms with E-state index in [1.807, 2.05) is 0 Å². The molecule has 2 aromatic rings. The number of amides is 3. The number of benzene rings is 2. The number of rotatable bonds is 4. The van der Waals surface area contributed by atoms with Gasteiger partial charge in [-0.15, -0.1) is 0 Å². The van der Waals surface area contributed by atoms with Gasteiger partial charge in [0.2, 0.25) is 0 Å². The maximum Gasteiger partial charge on any atom is 0.269 e. The zero-order valence-electron chi connectivity index (χ0n) is 18.8. The Kier molecular flexibility index (Phi) is 5.77. The summed E-state index contributed by atoms with van der Waals surface area (Å²) in [6, 6.07) is 11.2. The normalized spacial score (nSPS) is 18.9. The molecule has 2 fully saturated rings. The van der Waals surface area contributed by atoms with Crippen LogP contribution < -0.4 is 4.90 Å². The van der Waals surface area contributed by atoms with Crippen LogP contribution in [0.4, 0.5) is 11.4 Å². The molecule has 0 aromatic heterocycles. The molecule has 3 amide bonds. The maximum atomic E-state index is 13.2. The van der Waals surface area contributed by atoms with E-state index in [4.69, 9.17) is 0 Å². The van der Waals surface area contributed by atoms with E-state index in [9.17, 15) is 24.5 Å². The van der Waals surface area contributed by atoms with Crippen molar-refractivity contribution in [2.75, 3.05) is 31.1 Å². The molecule has 1 aliphatic carbocycles. The fraction of sp³-hybridized carbons (Fsp3) is 0.400. The second-order valence-electron chi connectivity index (χ2n) is 9.09. The molecule has 34 heavy (non-hydrogen) atoms. The first-order chi connectivity index (χ1) is 16.4. The van der Waals surface area contributed by atoms with Crippen LogP contribution in [0.25, 0.3) is 0 Å². The molecule has 5 rings (SSSR count). The van der Waals surface area contributed by atoms with E-state index in [2.05, 4.69) is 4.90 Å². The smallest absolute Gasteiger partial charge is 0.269 e. The molecule has 0 unspecified atom stereocenters. The molecule has 1 saturated heterocycles. The molecule has 9 nitrogen and oxygen atoms in total. The van der Waals surface area contributed by atoms with Crippen molar-refractivity contribution in [1.29, 1.82) is 0 Å². The first-order valence-corrected chi connectivity index (χ1v) is 11.7. The van der Waals surface area contributed by atoms with Crippen LogP contribution in [0.5, 0.6) is 0 Å². The van der Waals surface area contributed by atoms with Gasteiger partial charge in [0.1, 0.15) is 0 Å². The zero-order chi connectivity index (χ0) is 23.8. The number of non-ortho nitro benzene ring substituents is 1. The van der Waals surface area contributed by atoms with Crippen LogP contribution in [-0.4, -0.2) is 64.7 Å². The molecular weight excluding hydrogens is 436 g/mol. The maximum absolute atomic E-state index is 13.2. The van der Waals surface area contributed by atoms with Crippen molar-refractivity contribution in [1.82, 2.24) is 9.80 Å². The van der Waals surface area contributed by atoms with Crippen molar-refractivity contribution >= 4 is 29.1 Å². The van der Waals surface area contributed by atoms with Gasteiger partial charge < -0.3 is 9.80 Å². The number of carbonyl (C=O) groups excluding carboxylic acids is 3. The summed E-state index contributed by atoms with van der Waals surface area (Å²) in [7, 11) is 0. The average Bonchev–Trinajstić information content (AvgIpc) is 3.13. The largest absolute Gasteiger partial charge is 0.368 e. The van der Waals surface area contributed by atoms with Gasteiger partial charge >= 0.3 is 0 Å². The molecule has 0 N–H and O–H groups in total. The van der Waals surface area contributed by atoms with Gasteiger partial charge in [-0.05, 0) is 43.2 Å². The summed E-state index contributed by atoms with van der Waals surface area (Å²) in [5, 5.41) is 10.9. The fourth-order valence-corrected chi connectivity index (χ4v) is 5.20. The second-order valence-corrected chi connectivity index (χ2v) is 9.09. The Balaban J connectivity index is 1.26. The fourth-order valence-electron chi connectivity index (χ4n) is 5.20. The van der Waals surface area contributed by atoms with Gasteiger partial charge in [0, 0.05) is 55.6 Å². The van der Waals surface area contributed by atoms with E-state index in [1.54, 1.807) is 35.2 Å². The van der Waals surface area contributed by atoms with Crippen molar-refractivity contribution in [2.45, 2.75) is 38.1 Å². The van der Waals surface area contributed by atoms with Crippen LogP contribution in [0.15, 0.2) is 42.5 Å². The first-order valence-electron chi connectivity index (χ1n) is 11.7. The summed E-state index contributed by atoms with van der Waals surface area (Å²) in [5.74, 6) is -0.699. The highest BCUT2D eigenvalue weighted by molar-refractivity contribution is 6.22. The third-order valence-electron chi connectivity index (χ3n) is 7.10. The van der Waals surface area contributed by atoms with E-state index in [-0.39, 0.29) is 29.5 Å². The minimum Gasteiger partial charge on any atom is -0.368 e. The number of nitro benzene ring substituents is 1. The van der Waals surface area contributed by atoms with E-state index in [0.29, 0.717) is 42.9 Å². The molecule has 0 bridgehead atoms. The molecular formula is C25H26N4O5. The molecule has 1 saturated carbocycles. The lowest BCUT2D eigenvalue weighted by molar-refractivity contribution is -0.384. The Morgan fingerprint density at radius 1 is 0.853 bits per heavy atom. The standard InChI is InChI=1S/C25H26N4O5/c30-23(27-14-12-26(13-15-27)18-7-9-20(10-8-18)29(33)34)17-6-11-21-22(16-17)25(32)28(24(21)31)19-4-2-1-3-5-19/h6-11,16,19H,1-5,12-15H2. The Morgan fingerprint density at radius 3 is 2.15 bits per heavy atom. The highest BCUT2D eigenvalue weighted by Gasteiger charge is 2.40. The van der Waals surface area contributed by atoms with Gasteiger partial charge in [-0.1, -0.05) is 19.3 Å². The number of anilines is 1. The highest BCUT2D eigenvalue weighted by Crippen LogP contribution is 2.32. The average molecular weight is 463 g/mol. The summed E-state index contributed by atoms with van der Waals surface area (Å²) in [4.78, 5) is 54.8. The summed E-state index contributed by atoms with van der Waals surface area (Å²) >= 11 is 0. The van der Waals surface area contributed by atoms with Crippen LogP contribution in [0.1, 0.15) is 63.2 Å². The molecule has 2 aromatic carbocycles. The zero-order valence-corrected chi connectivity index (χ0v) is 18.8. The van der Waals surface area contributed by atoms with Gasteiger partial charge in [-0.25, -0.2) is 0 Å². The summed E-state index contributed by atoms with van der Waals surface area (Å²) in [5.41, 5.74) is 2.04. The predicted octanol–water partition coefficient (Wildman–Crippen LogP) is 3.49. The summed E-state index contributed by atoms with van der Waals surface area (Å²) in [6.07, 6.45) is 4.86. The monoisotopic (exact) mass is 462 g/mol. The van der Waals surface area contributed by atoms with Crippen molar-refractivity contribution < 1.29 is 19.3 Å². The van der Waals surface area contributed by atoms with Crippen LogP contribution >= 0.6 is 0 Å². The minimum atomic E-state index is -0.427. The van der Waals surface area contributed by atoms with Crippen molar-refractivity contribution in [3.05, 3.63) is 69.3 Å². The van der Waals surface area contributed by atoms with Crippen molar-refractivity contribution in [3.8, 4) is 0 Å². The van der Waals surface area contributed by atoms with Gasteiger partial charge in [-0.2, -0.15) is 0 Å². The number of hydrogen-bond acceptors (Lipinski definition) is 6. The summed E-state index contributed by atoms with van der Waals surface area (Å²) in [6.45, 7) is 2.19. The molecule has 3 aliphatic rings. The van der Waals surface area contributed by atoms with Crippen LogP contribution in [0.2, 0.25) is 0 Å². The molecule has 9 heteroatoms. The van der Waals surface area contributed by atoms with E-state index in [1.165, 1.54) is 17.0 Å². The Labute approximate surface area is 197 Å². The lowest BCUT2D eigenvalue weighted by Gasteiger charge is -2.36. The predicted molar refractivity (Wildman–Crippen MR) is 125 cm³/mol. The number of imide groups is 1. The van der Waals surface area contributed by atoms with E-state index < -0.39 is 4.92 Å². The minimum absolute atomic E-state index is 0.0456. The Bertz CT molecular complexity index is 1150. The lowest BCUT2D eigenvalue weighted by Crippen LogP contribution is -2.48. The lowest BCUT2D eigenvalue weighted by atomic mass is 9.94. The van der Waals surface area contributed by atoms with E-state index >= 15 is 0 Å². The Hall–Kier alpha value is -3.75. The highest BCUT2D eigenvalue weighted by atomic mass is 16.6. The van der Waals surface area contributed by atoms with E-state index in [0.717, 1.165) is 37.8 Å². The first kappa shape index (κ1) is 22.1. The summed E-state index contributed by atoms with van der Waals surface area (Å²) < 4.78 is 0. The quantitative estimate of drug-likeness (QED) is 0.391. The molecule has 176 valence electrons. The molecule has 2 heterocycles. The number of fused-ring (bicyclic) bond motifs is 1. The number of piperazine rings is 1. The van der Waals surface area contributed by atoms with Gasteiger partial charge in [0.05, 0.1) is 16.1 Å². The van der Waals surface area contributed by atoms with Gasteiger partial charge in [-0.3, -0.25) is 29.4 Å². The Morgan fingerprint density at radius 2 is 1.50 bits per heavy atom. The van der Waals surface area contributed by atoms with Gasteiger partial charge in [0.25, 0.3) is 23.4 Å². The molecule has 0 atom stereocenters. The number of hydrogen-bond donors (Lipinski definition) is 0. The van der Waals surface area contributed by atoms with Gasteiger partial charge in [0.15, 0.2) is 0 Å². The van der Waals surface area contributed by atoms with Crippen LogP contribution in [-0.2, 0) is 0 Å². The van der Waals surface area contributed by atoms with Crippen molar-refractivity contribution in [3.63, 3.8) is 0 Å².